The van der Waals surface area contributed by atoms with Crippen molar-refractivity contribution in [3.8, 4) is 0 Å². The maximum atomic E-state index is 5.82. The van der Waals surface area contributed by atoms with E-state index in [-0.39, 0.29) is 12.4 Å². The summed E-state index contributed by atoms with van der Waals surface area (Å²) in [5, 5.41) is 0. The fourth-order valence-corrected chi connectivity index (χ4v) is 2.39. The molecule has 2 fully saturated rings. The Kier molecular flexibility index (Phi) is 3.33. The summed E-state index contributed by atoms with van der Waals surface area (Å²) in [6.07, 6.45) is 6.35. The van der Waals surface area contributed by atoms with E-state index in [2.05, 4.69) is 6.92 Å². The van der Waals surface area contributed by atoms with Gasteiger partial charge < -0.3 is 14.2 Å². The SMILES string of the molecule is CCCCCC1CC2OC(C)(C)OC2O1. The van der Waals surface area contributed by atoms with Gasteiger partial charge in [0.15, 0.2) is 12.1 Å². The quantitative estimate of drug-likeness (QED) is 0.673. The van der Waals surface area contributed by atoms with Crippen molar-refractivity contribution in [1.29, 1.82) is 0 Å². The van der Waals surface area contributed by atoms with Crippen LogP contribution in [0.2, 0.25) is 0 Å². The van der Waals surface area contributed by atoms with Crippen molar-refractivity contribution in [1.82, 2.24) is 0 Å². The van der Waals surface area contributed by atoms with Gasteiger partial charge >= 0.3 is 0 Å². The summed E-state index contributed by atoms with van der Waals surface area (Å²) >= 11 is 0. The van der Waals surface area contributed by atoms with Crippen molar-refractivity contribution in [3.63, 3.8) is 0 Å². The van der Waals surface area contributed by atoms with Crippen LogP contribution < -0.4 is 0 Å². The Hall–Kier alpha value is -0.120. The first-order valence-corrected chi connectivity index (χ1v) is 6.12. The summed E-state index contributed by atoms with van der Waals surface area (Å²) in [6, 6.07) is 0. The smallest absolute Gasteiger partial charge is 0.187 e. The van der Waals surface area contributed by atoms with Gasteiger partial charge in [0.2, 0.25) is 0 Å². The molecular weight excluding hydrogens is 192 g/mol. The Balaban J connectivity index is 1.74. The van der Waals surface area contributed by atoms with Crippen LogP contribution in [0.25, 0.3) is 0 Å². The number of rotatable bonds is 4. The predicted octanol–water partition coefficient (Wildman–Crippen LogP) is 2.83. The summed E-state index contributed by atoms with van der Waals surface area (Å²) in [4.78, 5) is 0. The second-order valence-corrected chi connectivity index (χ2v) is 5.03. The molecule has 0 N–H and O–H groups in total. The average Bonchev–Trinajstić information content (AvgIpc) is 2.58. The van der Waals surface area contributed by atoms with Crippen LogP contribution in [0.4, 0.5) is 0 Å². The molecule has 3 nitrogen and oxygen atoms in total. The lowest BCUT2D eigenvalue weighted by atomic mass is 10.1. The molecule has 2 rings (SSSR count). The van der Waals surface area contributed by atoms with E-state index in [1.165, 1.54) is 19.3 Å². The first-order valence-electron chi connectivity index (χ1n) is 6.12. The van der Waals surface area contributed by atoms with Crippen LogP contribution in [-0.4, -0.2) is 24.3 Å². The van der Waals surface area contributed by atoms with E-state index >= 15 is 0 Å². The highest BCUT2D eigenvalue weighted by Crippen LogP contribution is 2.38. The molecule has 0 aromatic rings. The molecule has 3 unspecified atom stereocenters. The molecule has 0 radical (unpaired) electrons. The average molecular weight is 214 g/mol. The lowest BCUT2D eigenvalue weighted by molar-refractivity contribution is -0.205. The molecule has 2 saturated heterocycles. The van der Waals surface area contributed by atoms with Crippen molar-refractivity contribution in [2.45, 2.75) is 77.2 Å². The molecule has 3 heteroatoms. The van der Waals surface area contributed by atoms with Gasteiger partial charge in [0.25, 0.3) is 0 Å². The molecule has 0 saturated carbocycles. The third-order valence-electron chi connectivity index (χ3n) is 3.09. The van der Waals surface area contributed by atoms with Crippen LogP contribution in [-0.2, 0) is 14.2 Å². The van der Waals surface area contributed by atoms with Crippen LogP contribution in [0.3, 0.4) is 0 Å². The molecule has 88 valence electrons. The normalized spacial score (nSPS) is 38.2. The molecule has 0 aromatic carbocycles. The van der Waals surface area contributed by atoms with Gasteiger partial charge in [-0.05, 0) is 20.3 Å². The molecular formula is C12H22O3. The lowest BCUT2D eigenvalue weighted by Gasteiger charge is -2.20. The van der Waals surface area contributed by atoms with Crippen LogP contribution >= 0.6 is 0 Å². The second kappa shape index (κ2) is 4.40. The minimum atomic E-state index is -0.455. The standard InChI is InChI=1S/C12H22O3/c1-4-5-6-7-9-8-10-11(13-9)15-12(2,3)14-10/h9-11H,4-8H2,1-3H3. The summed E-state index contributed by atoms with van der Waals surface area (Å²) in [5.74, 6) is -0.455. The van der Waals surface area contributed by atoms with Crippen LogP contribution in [0.1, 0.15) is 52.9 Å². The van der Waals surface area contributed by atoms with E-state index in [1.807, 2.05) is 13.8 Å². The molecule has 0 bridgehead atoms. The van der Waals surface area contributed by atoms with Gasteiger partial charge in [0, 0.05) is 6.42 Å². The maximum absolute atomic E-state index is 5.82. The van der Waals surface area contributed by atoms with Gasteiger partial charge in [-0.15, -0.1) is 0 Å². The maximum Gasteiger partial charge on any atom is 0.187 e. The van der Waals surface area contributed by atoms with Crippen LogP contribution in [0, 0.1) is 0 Å². The summed E-state index contributed by atoms with van der Waals surface area (Å²) in [6.45, 7) is 6.11. The van der Waals surface area contributed by atoms with Gasteiger partial charge in [0.05, 0.1) is 6.10 Å². The minimum Gasteiger partial charge on any atom is -0.346 e. The zero-order valence-corrected chi connectivity index (χ0v) is 9.99. The third-order valence-corrected chi connectivity index (χ3v) is 3.09. The molecule has 3 atom stereocenters. The first kappa shape index (κ1) is 11.4. The fourth-order valence-electron chi connectivity index (χ4n) is 2.39. The van der Waals surface area contributed by atoms with E-state index in [0.717, 1.165) is 12.8 Å². The van der Waals surface area contributed by atoms with Crippen molar-refractivity contribution in [2.75, 3.05) is 0 Å². The van der Waals surface area contributed by atoms with E-state index < -0.39 is 5.79 Å². The van der Waals surface area contributed by atoms with E-state index in [1.54, 1.807) is 0 Å². The minimum absolute atomic E-state index is 0.119. The van der Waals surface area contributed by atoms with Gasteiger partial charge in [-0.25, -0.2) is 0 Å². The lowest BCUT2D eigenvalue weighted by Crippen LogP contribution is -2.24. The van der Waals surface area contributed by atoms with Crippen molar-refractivity contribution >= 4 is 0 Å². The Morgan fingerprint density at radius 3 is 2.67 bits per heavy atom. The highest BCUT2D eigenvalue weighted by atomic mass is 16.8. The first-order chi connectivity index (χ1) is 7.11. The van der Waals surface area contributed by atoms with Gasteiger partial charge in [-0.2, -0.15) is 0 Å². The zero-order valence-electron chi connectivity index (χ0n) is 9.99. The third kappa shape index (κ3) is 2.71. The number of hydrogen-bond donors (Lipinski definition) is 0. The molecule has 2 aliphatic rings. The molecule has 0 aliphatic carbocycles. The molecule has 0 aromatic heterocycles. The van der Waals surface area contributed by atoms with Gasteiger partial charge in [-0.3, -0.25) is 0 Å². The summed E-state index contributed by atoms with van der Waals surface area (Å²) in [7, 11) is 0. The number of hydrogen-bond acceptors (Lipinski definition) is 3. The Labute approximate surface area is 92.1 Å². The predicted molar refractivity (Wildman–Crippen MR) is 57.5 cm³/mol. The number of unbranched alkanes of at least 4 members (excludes halogenated alkanes) is 2. The number of fused-ring (bicyclic) bond motifs is 1. The largest absolute Gasteiger partial charge is 0.346 e. The topological polar surface area (TPSA) is 27.7 Å². The highest BCUT2D eigenvalue weighted by molar-refractivity contribution is 4.84. The Bertz CT molecular complexity index is 199. The Morgan fingerprint density at radius 2 is 2.00 bits per heavy atom. The molecule has 2 heterocycles. The van der Waals surface area contributed by atoms with Crippen molar-refractivity contribution in [2.24, 2.45) is 0 Å². The van der Waals surface area contributed by atoms with Gasteiger partial charge in [-0.1, -0.05) is 26.2 Å². The number of ether oxygens (including phenoxy) is 3. The van der Waals surface area contributed by atoms with Crippen LogP contribution in [0.5, 0.6) is 0 Å². The monoisotopic (exact) mass is 214 g/mol. The van der Waals surface area contributed by atoms with E-state index in [4.69, 9.17) is 14.2 Å². The molecule has 15 heavy (non-hydrogen) atoms. The van der Waals surface area contributed by atoms with Crippen molar-refractivity contribution in [3.05, 3.63) is 0 Å². The van der Waals surface area contributed by atoms with Gasteiger partial charge in [0.1, 0.15) is 6.10 Å². The van der Waals surface area contributed by atoms with E-state index in [0.29, 0.717) is 6.10 Å². The van der Waals surface area contributed by atoms with Crippen molar-refractivity contribution < 1.29 is 14.2 Å². The zero-order chi connectivity index (χ0) is 10.9. The summed E-state index contributed by atoms with van der Waals surface area (Å²) in [5.41, 5.74) is 0. The molecule has 0 amide bonds. The molecule has 2 aliphatic heterocycles. The highest BCUT2D eigenvalue weighted by Gasteiger charge is 2.48. The summed E-state index contributed by atoms with van der Waals surface area (Å²) < 4.78 is 17.2. The second-order valence-electron chi connectivity index (χ2n) is 5.03. The van der Waals surface area contributed by atoms with Crippen LogP contribution in [0.15, 0.2) is 0 Å². The molecule has 0 spiro atoms. The Morgan fingerprint density at radius 1 is 1.20 bits per heavy atom. The van der Waals surface area contributed by atoms with E-state index in [9.17, 15) is 0 Å². The fraction of sp³-hybridized carbons (Fsp3) is 1.00.